The summed E-state index contributed by atoms with van der Waals surface area (Å²) >= 11 is 0. The lowest BCUT2D eigenvalue weighted by Crippen LogP contribution is -2.44. The first-order chi connectivity index (χ1) is 32.1. The molecule has 2 unspecified atom stereocenters. The lowest BCUT2D eigenvalue weighted by atomic mass is 10.0. The molecule has 0 saturated carbocycles. The molecule has 0 aromatic rings. The molecule has 0 spiro atoms. The van der Waals surface area contributed by atoms with Gasteiger partial charge in [0.15, 0.2) is 12.4 Å². The van der Waals surface area contributed by atoms with Gasteiger partial charge in [0.25, 0.3) is 0 Å². The Kier molecular flexibility index (Phi) is 46.2. The number of carbonyl (C=O) groups excluding carboxylic acids is 3. The fourth-order valence-corrected chi connectivity index (χ4v) is 7.39. The summed E-state index contributed by atoms with van der Waals surface area (Å²) in [6.07, 6.45) is 56.8. The Hall–Kier alpha value is -3.01. The van der Waals surface area contributed by atoms with Crippen LogP contribution >= 0.6 is 0 Å². The van der Waals surface area contributed by atoms with Gasteiger partial charge in [-0.1, -0.05) is 216 Å². The number of nitrogens with zero attached hydrogens (tertiary/aromatic N) is 1. The molecule has 0 aromatic carbocycles. The molecular formula is C57H101NO8. The Morgan fingerprint density at radius 3 is 1.29 bits per heavy atom. The van der Waals surface area contributed by atoms with Gasteiger partial charge in [-0.05, 0) is 57.8 Å². The van der Waals surface area contributed by atoms with Gasteiger partial charge in [-0.15, -0.1) is 0 Å². The van der Waals surface area contributed by atoms with Crippen LogP contribution in [0.4, 0.5) is 0 Å². The molecule has 9 nitrogen and oxygen atoms in total. The minimum atomic E-state index is -1.62. The average Bonchev–Trinajstić information content (AvgIpc) is 3.28. The van der Waals surface area contributed by atoms with Crippen molar-refractivity contribution in [2.75, 3.05) is 47.5 Å². The normalized spacial score (nSPS) is 13.3. The van der Waals surface area contributed by atoms with E-state index >= 15 is 0 Å². The summed E-state index contributed by atoms with van der Waals surface area (Å²) in [6.45, 7) is 4.64. The van der Waals surface area contributed by atoms with Gasteiger partial charge in [-0.25, -0.2) is 0 Å². The van der Waals surface area contributed by atoms with Gasteiger partial charge >= 0.3 is 11.9 Å². The summed E-state index contributed by atoms with van der Waals surface area (Å²) in [4.78, 5) is 37.2. The molecule has 0 aromatic heterocycles. The van der Waals surface area contributed by atoms with Crippen molar-refractivity contribution in [2.24, 2.45) is 0 Å². The van der Waals surface area contributed by atoms with Crippen LogP contribution in [0.25, 0.3) is 0 Å². The lowest BCUT2D eigenvalue weighted by Gasteiger charge is -2.26. The van der Waals surface area contributed by atoms with Gasteiger partial charge in [0.05, 0.1) is 40.3 Å². The zero-order chi connectivity index (χ0) is 48.4. The monoisotopic (exact) mass is 928 g/mol. The van der Waals surface area contributed by atoms with Crippen LogP contribution in [0.15, 0.2) is 60.8 Å². The number of carbonyl (C=O) groups is 3. The van der Waals surface area contributed by atoms with Crippen LogP contribution in [0.2, 0.25) is 0 Å². The molecule has 0 aliphatic rings. The number of rotatable bonds is 49. The van der Waals surface area contributed by atoms with Crippen LogP contribution in [0.3, 0.4) is 0 Å². The van der Waals surface area contributed by atoms with E-state index in [0.29, 0.717) is 23.9 Å². The lowest BCUT2D eigenvalue weighted by molar-refractivity contribution is -0.870. The van der Waals surface area contributed by atoms with Gasteiger partial charge in [-0.2, -0.15) is 0 Å². The Bertz CT molecular complexity index is 1270. The number of aliphatic carboxylic acids is 1. The maximum Gasteiger partial charge on any atom is 0.306 e. The summed E-state index contributed by atoms with van der Waals surface area (Å²) in [5, 5.41) is 11.7. The Labute approximate surface area is 405 Å². The molecule has 2 atom stereocenters. The van der Waals surface area contributed by atoms with Crippen LogP contribution in [0.5, 0.6) is 0 Å². The SMILES string of the molecule is CC/C=C\C/C=C\C/C=C\C/C=C\C/C=C\CCCCCCCCCC(=O)OC(COC(=O)CCCCCCCCCCCCCCCCCCCC)COC(OCC[N+](C)(C)C)C(=O)[O-]. The molecule has 0 radical (unpaired) electrons. The number of hydrogen-bond donors (Lipinski definition) is 0. The van der Waals surface area contributed by atoms with Crippen molar-refractivity contribution < 1.29 is 42.9 Å². The van der Waals surface area contributed by atoms with Crippen molar-refractivity contribution in [3.8, 4) is 0 Å². The second-order valence-electron chi connectivity index (χ2n) is 19.1. The summed E-state index contributed by atoms with van der Waals surface area (Å²) in [5.74, 6) is -2.29. The van der Waals surface area contributed by atoms with Crippen molar-refractivity contribution in [2.45, 2.75) is 238 Å². The minimum Gasteiger partial charge on any atom is -0.545 e. The number of likely N-dealkylation sites (N-methyl/N-ethyl adjacent to an activating group) is 1. The smallest absolute Gasteiger partial charge is 0.306 e. The van der Waals surface area contributed by atoms with E-state index in [1.165, 1.54) is 116 Å². The third-order valence-corrected chi connectivity index (χ3v) is 11.5. The molecule has 0 aliphatic carbocycles. The van der Waals surface area contributed by atoms with Gasteiger partial charge in [-0.3, -0.25) is 9.59 Å². The van der Waals surface area contributed by atoms with Gasteiger partial charge in [0.2, 0.25) is 0 Å². The molecule has 0 aliphatic heterocycles. The molecule has 0 heterocycles. The Morgan fingerprint density at radius 1 is 0.470 bits per heavy atom. The van der Waals surface area contributed by atoms with E-state index in [1.54, 1.807) is 0 Å². The number of carboxylic acids is 1. The highest BCUT2D eigenvalue weighted by Gasteiger charge is 2.22. The zero-order valence-electron chi connectivity index (χ0n) is 43.3. The van der Waals surface area contributed by atoms with Gasteiger partial charge in [0.1, 0.15) is 13.2 Å². The average molecular weight is 928 g/mol. The van der Waals surface area contributed by atoms with E-state index in [2.05, 4.69) is 74.6 Å². The highest BCUT2D eigenvalue weighted by Crippen LogP contribution is 2.16. The number of esters is 2. The van der Waals surface area contributed by atoms with Crippen molar-refractivity contribution in [3.63, 3.8) is 0 Å². The standard InChI is InChI=1S/C57H101NO8/c1-6-8-10-12-14-16-18-20-22-24-26-27-28-29-30-32-34-36-38-40-42-44-46-48-55(60)66-53(52-65-57(56(61)62)63-50-49-58(3,4)5)51-64-54(59)47-45-43-41-39-37-35-33-31-25-23-21-19-17-15-13-11-9-7-2/h8,10,14,16,20,22,26-27,29-30,53,57H,6-7,9,11-13,15,17-19,21,23-25,28,31-52H2,1-5H3/b10-8-,16-14-,22-20-,27-26-,30-29-. The predicted molar refractivity (Wildman–Crippen MR) is 274 cm³/mol. The van der Waals surface area contributed by atoms with E-state index in [1.807, 2.05) is 21.1 Å². The molecule has 0 bridgehead atoms. The van der Waals surface area contributed by atoms with Crippen LogP contribution in [-0.2, 0) is 33.3 Å². The van der Waals surface area contributed by atoms with Gasteiger partial charge in [0, 0.05) is 12.8 Å². The molecule has 9 heteroatoms. The minimum absolute atomic E-state index is 0.144. The number of hydrogen-bond acceptors (Lipinski definition) is 8. The van der Waals surface area contributed by atoms with E-state index < -0.39 is 24.3 Å². The summed E-state index contributed by atoms with van der Waals surface area (Å²) in [5.41, 5.74) is 0. The molecule has 0 amide bonds. The quantitative estimate of drug-likeness (QED) is 0.0195. The molecule has 0 rings (SSSR count). The topological polar surface area (TPSA) is 111 Å². The molecular weight excluding hydrogens is 827 g/mol. The molecule has 0 fully saturated rings. The molecule has 382 valence electrons. The maximum atomic E-state index is 12.8. The Balaban J connectivity index is 4.33. The van der Waals surface area contributed by atoms with Crippen LogP contribution in [0, 0.1) is 0 Å². The number of quaternary nitrogens is 1. The van der Waals surface area contributed by atoms with Crippen molar-refractivity contribution in [1.29, 1.82) is 0 Å². The van der Waals surface area contributed by atoms with Crippen molar-refractivity contribution in [1.82, 2.24) is 0 Å². The number of allylic oxidation sites excluding steroid dienone is 10. The fraction of sp³-hybridized carbons (Fsp3) is 0.772. The summed E-state index contributed by atoms with van der Waals surface area (Å²) in [6, 6.07) is 0. The molecule has 0 saturated heterocycles. The van der Waals surface area contributed by atoms with Crippen molar-refractivity contribution in [3.05, 3.63) is 60.8 Å². The van der Waals surface area contributed by atoms with Crippen LogP contribution in [-0.4, -0.2) is 82.3 Å². The fourth-order valence-electron chi connectivity index (χ4n) is 7.39. The van der Waals surface area contributed by atoms with Gasteiger partial charge < -0.3 is 33.3 Å². The van der Waals surface area contributed by atoms with Crippen LogP contribution in [0.1, 0.15) is 226 Å². The first-order valence-corrected chi connectivity index (χ1v) is 26.9. The highest BCUT2D eigenvalue weighted by molar-refractivity contribution is 5.70. The van der Waals surface area contributed by atoms with Crippen molar-refractivity contribution >= 4 is 17.9 Å². The highest BCUT2D eigenvalue weighted by atomic mass is 16.7. The second kappa shape index (κ2) is 48.4. The number of unbranched alkanes of at least 4 members (excludes halogenated alkanes) is 24. The van der Waals surface area contributed by atoms with E-state index in [4.69, 9.17) is 18.9 Å². The third-order valence-electron chi connectivity index (χ3n) is 11.5. The maximum absolute atomic E-state index is 12.8. The second-order valence-corrected chi connectivity index (χ2v) is 19.1. The van der Waals surface area contributed by atoms with Crippen LogP contribution < -0.4 is 5.11 Å². The first kappa shape index (κ1) is 63.0. The first-order valence-electron chi connectivity index (χ1n) is 26.9. The third kappa shape index (κ3) is 48.9. The van der Waals surface area contributed by atoms with E-state index in [-0.39, 0.29) is 32.2 Å². The van der Waals surface area contributed by atoms with E-state index in [9.17, 15) is 19.5 Å². The number of ether oxygens (including phenoxy) is 4. The molecule has 0 N–H and O–H groups in total. The summed E-state index contributed by atoms with van der Waals surface area (Å²) < 4.78 is 22.7. The van der Waals surface area contributed by atoms with E-state index in [0.717, 1.165) is 77.0 Å². The zero-order valence-corrected chi connectivity index (χ0v) is 43.3. The largest absolute Gasteiger partial charge is 0.545 e. The molecule has 66 heavy (non-hydrogen) atoms. The number of carboxylic acid groups (broad SMARTS) is 1. The predicted octanol–water partition coefficient (Wildman–Crippen LogP) is 14.0. The Morgan fingerprint density at radius 2 is 0.864 bits per heavy atom. The summed E-state index contributed by atoms with van der Waals surface area (Å²) in [7, 11) is 5.91.